The van der Waals surface area contributed by atoms with Crippen LogP contribution in [0.25, 0.3) is 6.08 Å². The number of thioether (sulfide) groups is 1. The molecule has 0 atom stereocenters. The van der Waals surface area contributed by atoms with Gasteiger partial charge in [-0.3, -0.25) is 9.69 Å². The molecule has 9 heteroatoms. The molecule has 2 fully saturated rings. The Hall–Kier alpha value is -3.24. The maximum absolute atomic E-state index is 13.3. The summed E-state index contributed by atoms with van der Waals surface area (Å²) in [7, 11) is 2.18. The van der Waals surface area contributed by atoms with E-state index in [1.165, 1.54) is 30.3 Å². The molecule has 1 amide bonds. The molecule has 2 heterocycles. The summed E-state index contributed by atoms with van der Waals surface area (Å²) < 4.78 is 25.4. The van der Waals surface area contributed by atoms with Crippen molar-refractivity contribution in [2.24, 2.45) is 0 Å². The molecule has 0 radical (unpaired) electrons. The van der Waals surface area contributed by atoms with Gasteiger partial charge < -0.3 is 19.3 Å². The highest BCUT2D eigenvalue weighted by atomic mass is 32.2. The van der Waals surface area contributed by atoms with Crippen LogP contribution in [-0.4, -0.2) is 66.4 Å². The average molecular weight is 592 g/mol. The number of nitrogens with zero attached hydrogens (tertiary/aromatic N) is 3. The number of ether oxygens (including phenoxy) is 2. The first kappa shape index (κ1) is 29.3. The Morgan fingerprint density at radius 3 is 2.34 bits per heavy atom. The fourth-order valence-electron chi connectivity index (χ4n) is 4.70. The third-order valence-electron chi connectivity index (χ3n) is 7.08. The van der Waals surface area contributed by atoms with E-state index >= 15 is 0 Å². The van der Waals surface area contributed by atoms with Crippen molar-refractivity contribution in [1.29, 1.82) is 0 Å². The Balaban J connectivity index is 1.12. The summed E-state index contributed by atoms with van der Waals surface area (Å²) in [6.07, 6.45) is 5.13. The molecule has 6 nitrogen and oxygen atoms in total. The van der Waals surface area contributed by atoms with Gasteiger partial charge in [0.25, 0.3) is 5.91 Å². The SMILES string of the molecule is CN1CCN(CCCCCOc2cccc(N3C(=O)/C(=C/c4ccc(Oc5ccc(F)cc5)cc4)SC3=S)c2)CC1. The number of piperazine rings is 1. The molecule has 0 spiro atoms. The van der Waals surface area contributed by atoms with Gasteiger partial charge in [0.2, 0.25) is 0 Å². The van der Waals surface area contributed by atoms with E-state index in [2.05, 4.69) is 16.8 Å². The van der Waals surface area contributed by atoms with Crippen molar-refractivity contribution in [3.05, 3.63) is 89.1 Å². The van der Waals surface area contributed by atoms with Crippen molar-refractivity contribution < 1.29 is 18.7 Å². The molecule has 0 N–H and O–H groups in total. The fraction of sp³-hybridized carbons (Fsp3) is 0.312. The second kappa shape index (κ2) is 14.1. The molecule has 0 unspecified atom stereocenters. The molecule has 2 saturated heterocycles. The number of thiocarbonyl (C=S) groups is 1. The number of likely N-dealkylation sites (N-methyl/N-ethyl adjacent to an activating group) is 1. The van der Waals surface area contributed by atoms with Gasteiger partial charge in [-0.15, -0.1) is 0 Å². The van der Waals surface area contributed by atoms with Crippen LogP contribution in [0.4, 0.5) is 10.1 Å². The van der Waals surface area contributed by atoms with Crippen LogP contribution in [0, 0.1) is 5.82 Å². The lowest BCUT2D eigenvalue weighted by Crippen LogP contribution is -2.44. The van der Waals surface area contributed by atoms with E-state index in [4.69, 9.17) is 21.7 Å². The summed E-state index contributed by atoms with van der Waals surface area (Å²) in [5, 5.41) is 0. The van der Waals surface area contributed by atoms with Gasteiger partial charge in [-0.25, -0.2) is 4.39 Å². The van der Waals surface area contributed by atoms with Gasteiger partial charge in [0.05, 0.1) is 17.2 Å². The molecule has 2 aliphatic rings. The zero-order chi connectivity index (χ0) is 28.6. The molecule has 214 valence electrons. The summed E-state index contributed by atoms with van der Waals surface area (Å²) in [6.45, 7) is 6.42. The Morgan fingerprint density at radius 2 is 1.61 bits per heavy atom. The summed E-state index contributed by atoms with van der Waals surface area (Å²) in [5.74, 6) is 1.43. The zero-order valence-corrected chi connectivity index (χ0v) is 24.8. The van der Waals surface area contributed by atoms with Crippen molar-refractivity contribution in [3.63, 3.8) is 0 Å². The minimum absolute atomic E-state index is 0.160. The second-order valence-corrected chi connectivity index (χ2v) is 11.9. The van der Waals surface area contributed by atoms with Crippen LogP contribution in [0.5, 0.6) is 17.2 Å². The normalized spacial score (nSPS) is 17.4. The highest BCUT2D eigenvalue weighted by molar-refractivity contribution is 8.27. The number of anilines is 1. The van der Waals surface area contributed by atoms with Crippen LogP contribution in [0.3, 0.4) is 0 Å². The van der Waals surface area contributed by atoms with E-state index in [1.54, 1.807) is 17.0 Å². The van der Waals surface area contributed by atoms with Crippen molar-refractivity contribution in [1.82, 2.24) is 9.80 Å². The Morgan fingerprint density at radius 1 is 0.902 bits per heavy atom. The standard InChI is InChI=1S/C32H34FN3O3S2/c1-34-17-19-35(20-18-34)16-3-2-4-21-38-29-7-5-6-26(23-29)36-31(37)30(41-32(36)40)22-24-8-12-27(13-9-24)39-28-14-10-25(33)11-15-28/h5-15,22-23H,2-4,16-21H2,1H3/b30-22-. The van der Waals surface area contributed by atoms with Gasteiger partial charge >= 0.3 is 0 Å². The number of carbonyl (C=O) groups excluding carboxylic acids is 1. The molecule has 0 aromatic heterocycles. The van der Waals surface area contributed by atoms with E-state index in [1.807, 2.05) is 54.6 Å². The number of hydrogen-bond donors (Lipinski definition) is 0. The van der Waals surface area contributed by atoms with E-state index < -0.39 is 0 Å². The van der Waals surface area contributed by atoms with Crippen LogP contribution in [0.15, 0.2) is 77.7 Å². The first-order valence-corrected chi connectivity index (χ1v) is 15.1. The summed E-state index contributed by atoms with van der Waals surface area (Å²) in [5.41, 5.74) is 1.55. The minimum Gasteiger partial charge on any atom is -0.494 e. The Kier molecular flexibility index (Phi) is 10.1. The van der Waals surface area contributed by atoms with Gasteiger partial charge in [-0.05, 0) is 93.0 Å². The molecule has 0 aliphatic carbocycles. The van der Waals surface area contributed by atoms with Crippen LogP contribution < -0.4 is 14.4 Å². The molecular formula is C32H34FN3O3S2. The van der Waals surface area contributed by atoms with Gasteiger partial charge in [0, 0.05) is 32.2 Å². The van der Waals surface area contributed by atoms with Crippen molar-refractivity contribution in [3.8, 4) is 17.2 Å². The quantitative estimate of drug-likeness (QED) is 0.138. The lowest BCUT2D eigenvalue weighted by atomic mass is 10.2. The molecule has 41 heavy (non-hydrogen) atoms. The summed E-state index contributed by atoms with van der Waals surface area (Å²) in [4.78, 5) is 20.3. The lowest BCUT2D eigenvalue weighted by molar-refractivity contribution is -0.113. The second-order valence-electron chi connectivity index (χ2n) is 10.2. The largest absolute Gasteiger partial charge is 0.494 e. The van der Waals surface area contributed by atoms with Crippen LogP contribution in [-0.2, 0) is 4.79 Å². The number of unbranched alkanes of at least 4 members (excludes halogenated alkanes) is 2. The maximum Gasteiger partial charge on any atom is 0.270 e. The van der Waals surface area contributed by atoms with Crippen LogP contribution >= 0.6 is 24.0 Å². The monoisotopic (exact) mass is 591 g/mol. The van der Waals surface area contributed by atoms with Gasteiger partial charge in [0.15, 0.2) is 4.32 Å². The number of halogens is 1. The zero-order valence-electron chi connectivity index (χ0n) is 23.1. The van der Waals surface area contributed by atoms with Gasteiger partial charge in [-0.1, -0.05) is 42.2 Å². The van der Waals surface area contributed by atoms with E-state index in [9.17, 15) is 9.18 Å². The molecule has 3 aromatic carbocycles. The molecule has 0 saturated carbocycles. The van der Waals surface area contributed by atoms with E-state index in [0.717, 1.165) is 56.9 Å². The third-order valence-corrected chi connectivity index (χ3v) is 8.38. The lowest BCUT2D eigenvalue weighted by Gasteiger charge is -2.32. The number of amides is 1. The van der Waals surface area contributed by atoms with Crippen molar-refractivity contribution in [2.45, 2.75) is 19.3 Å². The number of rotatable bonds is 11. The first-order chi connectivity index (χ1) is 19.9. The fourth-order valence-corrected chi connectivity index (χ4v) is 6.00. The maximum atomic E-state index is 13.3. The van der Waals surface area contributed by atoms with Gasteiger partial charge in [0.1, 0.15) is 23.1 Å². The molecule has 2 aliphatic heterocycles. The topological polar surface area (TPSA) is 45.2 Å². The number of benzene rings is 3. The average Bonchev–Trinajstić information content (AvgIpc) is 3.26. The molecule has 3 aromatic rings. The molecular weight excluding hydrogens is 558 g/mol. The smallest absolute Gasteiger partial charge is 0.270 e. The minimum atomic E-state index is -0.313. The van der Waals surface area contributed by atoms with Crippen LogP contribution in [0.2, 0.25) is 0 Å². The van der Waals surface area contributed by atoms with Gasteiger partial charge in [-0.2, -0.15) is 0 Å². The van der Waals surface area contributed by atoms with Crippen molar-refractivity contribution in [2.75, 3.05) is 51.3 Å². The predicted molar refractivity (Wildman–Crippen MR) is 168 cm³/mol. The highest BCUT2D eigenvalue weighted by Gasteiger charge is 2.33. The van der Waals surface area contributed by atoms with E-state index in [-0.39, 0.29) is 11.7 Å². The third kappa shape index (κ3) is 8.16. The van der Waals surface area contributed by atoms with Crippen LogP contribution in [0.1, 0.15) is 24.8 Å². The summed E-state index contributed by atoms with van der Waals surface area (Å²) in [6, 6.07) is 20.8. The summed E-state index contributed by atoms with van der Waals surface area (Å²) >= 11 is 6.85. The highest BCUT2D eigenvalue weighted by Crippen LogP contribution is 2.37. The number of carbonyl (C=O) groups is 1. The molecule has 0 bridgehead atoms. The number of hydrogen-bond acceptors (Lipinski definition) is 7. The predicted octanol–water partition coefficient (Wildman–Crippen LogP) is 6.82. The van der Waals surface area contributed by atoms with E-state index in [0.29, 0.717) is 33.0 Å². The van der Waals surface area contributed by atoms with Crippen molar-refractivity contribution >= 4 is 46.0 Å². The Labute approximate surface area is 250 Å². The first-order valence-electron chi connectivity index (χ1n) is 13.9. The Bertz CT molecular complexity index is 1370. The molecule has 5 rings (SSSR count).